The molecule has 0 fully saturated rings. The van der Waals surface area contributed by atoms with Gasteiger partial charge in [0.15, 0.2) is 0 Å². The SMILES string of the molecule is Cc1ccc(Nc2ncc(C(=O)NC(C)(C)C)cn2)cc1Cl. The summed E-state index contributed by atoms with van der Waals surface area (Å²) in [6.07, 6.45) is 2.98. The van der Waals surface area contributed by atoms with E-state index in [9.17, 15) is 4.79 Å². The number of hydrogen-bond donors (Lipinski definition) is 2. The van der Waals surface area contributed by atoms with Crippen LogP contribution >= 0.6 is 11.6 Å². The third-order valence-corrected chi connectivity index (χ3v) is 3.24. The summed E-state index contributed by atoms with van der Waals surface area (Å²) in [6.45, 7) is 7.69. The van der Waals surface area contributed by atoms with E-state index in [1.54, 1.807) is 6.07 Å². The molecule has 0 radical (unpaired) electrons. The summed E-state index contributed by atoms with van der Waals surface area (Å²) in [4.78, 5) is 20.3. The van der Waals surface area contributed by atoms with Gasteiger partial charge in [0, 0.05) is 28.6 Å². The van der Waals surface area contributed by atoms with Crippen LogP contribution in [0.15, 0.2) is 30.6 Å². The average molecular weight is 319 g/mol. The highest BCUT2D eigenvalue weighted by atomic mass is 35.5. The lowest BCUT2D eigenvalue weighted by Gasteiger charge is -2.20. The molecule has 0 spiro atoms. The highest BCUT2D eigenvalue weighted by Gasteiger charge is 2.15. The molecule has 1 amide bonds. The molecular formula is C16H19ClN4O. The van der Waals surface area contributed by atoms with Gasteiger partial charge in [-0.15, -0.1) is 0 Å². The summed E-state index contributed by atoms with van der Waals surface area (Å²) in [5.74, 6) is 0.213. The van der Waals surface area contributed by atoms with Gasteiger partial charge in [-0.1, -0.05) is 17.7 Å². The molecule has 6 heteroatoms. The Kier molecular flexibility index (Phi) is 4.66. The fourth-order valence-corrected chi connectivity index (χ4v) is 1.90. The van der Waals surface area contributed by atoms with E-state index in [1.165, 1.54) is 12.4 Å². The Morgan fingerprint density at radius 3 is 2.36 bits per heavy atom. The lowest BCUT2D eigenvalue weighted by atomic mass is 10.1. The Morgan fingerprint density at radius 1 is 1.18 bits per heavy atom. The van der Waals surface area contributed by atoms with E-state index >= 15 is 0 Å². The normalized spacial score (nSPS) is 11.1. The number of aryl methyl sites for hydroxylation is 1. The van der Waals surface area contributed by atoms with Gasteiger partial charge in [-0.25, -0.2) is 9.97 Å². The minimum atomic E-state index is -0.299. The number of hydrogen-bond acceptors (Lipinski definition) is 4. The van der Waals surface area contributed by atoms with E-state index < -0.39 is 0 Å². The first-order valence-electron chi connectivity index (χ1n) is 6.92. The van der Waals surface area contributed by atoms with Crippen molar-refractivity contribution in [3.05, 3.63) is 46.7 Å². The summed E-state index contributed by atoms with van der Waals surface area (Å²) in [6, 6.07) is 5.61. The second kappa shape index (κ2) is 6.32. The molecule has 0 aliphatic heterocycles. The zero-order chi connectivity index (χ0) is 16.3. The van der Waals surface area contributed by atoms with Crippen molar-refractivity contribution in [1.82, 2.24) is 15.3 Å². The molecule has 1 heterocycles. The number of anilines is 2. The van der Waals surface area contributed by atoms with Crippen molar-refractivity contribution in [2.75, 3.05) is 5.32 Å². The Balaban J connectivity index is 2.08. The van der Waals surface area contributed by atoms with Gasteiger partial charge in [-0.05, 0) is 45.4 Å². The number of carbonyl (C=O) groups is 1. The maximum atomic E-state index is 12.0. The second-order valence-corrected chi connectivity index (χ2v) is 6.50. The van der Waals surface area contributed by atoms with Crippen molar-refractivity contribution >= 4 is 29.1 Å². The van der Waals surface area contributed by atoms with E-state index in [-0.39, 0.29) is 11.4 Å². The van der Waals surface area contributed by atoms with Crippen molar-refractivity contribution in [2.45, 2.75) is 33.2 Å². The third kappa shape index (κ3) is 4.43. The molecule has 22 heavy (non-hydrogen) atoms. The van der Waals surface area contributed by atoms with Gasteiger partial charge in [0.2, 0.25) is 5.95 Å². The minimum Gasteiger partial charge on any atom is -0.347 e. The Labute approximate surface area is 135 Å². The summed E-state index contributed by atoms with van der Waals surface area (Å²) in [7, 11) is 0. The van der Waals surface area contributed by atoms with Gasteiger partial charge in [-0.3, -0.25) is 4.79 Å². The van der Waals surface area contributed by atoms with Crippen LogP contribution in [-0.4, -0.2) is 21.4 Å². The molecule has 1 aromatic carbocycles. The minimum absolute atomic E-state index is 0.197. The first-order valence-corrected chi connectivity index (χ1v) is 7.30. The van der Waals surface area contributed by atoms with Crippen LogP contribution in [0.3, 0.4) is 0 Å². The number of halogens is 1. The first-order chi connectivity index (χ1) is 10.2. The molecule has 0 aliphatic carbocycles. The molecule has 0 saturated heterocycles. The third-order valence-electron chi connectivity index (χ3n) is 2.83. The lowest BCUT2D eigenvalue weighted by Crippen LogP contribution is -2.40. The van der Waals surface area contributed by atoms with E-state index in [0.717, 1.165) is 11.3 Å². The number of carbonyl (C=O) groups excluding carboxylic acids is 1. The van der Waals surface area contributed by atoms with Crippen molar-refractivity contribution in [1.29, 1.82) is 0 Å². The van der Waals surface area contributed by atoms with Gasteiger partial charge in [-0.2, -0.15) is 0 Å². The molecule has 0 saturated carbocycles. The monoisotopic (exact) mass is 318 g/mol. The molecule has 0 aliphatic rings. The van der Waals surface area contributed by atoms with Gasteiger partial charge in [0.25, 0.3) is 5.91 Å². The Bertz CT molecular complexity index is 678. The standard InChI is InChI=1S/C16H19ClN4O/c1-10-5-6-12(7-13(10)17)20-15-18-8-11(9-19-15)14(22)21-16(2,3)4/h5-9H,1-4H3,(H,21,22)(H,18,19,20). The lowest BCUT2D eigenvalue weighted by molar-refractivity contribution is 0.0919. The fourth-order valence-electron chi connectivity index (χ4n) is 1.72. The quantitative estimate of drug-likeness (QED) is 0.905. The van der Waals surface area contributed by atoms with Gasteiger partial charge < -0.3 is 10.6 Å². The van der Waals surface area contributed by atoms with Crippen LogP contribution in [0.2, 0.25) is 5.02 Å². The summed E-state index contributed by atoms with van der Waals surface area (Å²) in [5.41, 5.74) is 1.92. The first kappa shape index (κ1) is 16.2. The average Bonchev–Trinajstić information content (AvgIpc) is 2.42. The highest BCUT2D eigenvalue weighted by molar-refractivity contribution is 6.31. The Morgan fingerprint density at radius 2 is 1.82 bits per heavy atom. The highest BCUT2D eigenvalue weighted by Crippen LogP contribution is 2.21. The second-order valence-electron chi connectivity index (χ2n) is 6.09. The van der Waals surface area contributed by atoms with Gasteiger partial charge in [0.05, 0.1) is 5.56 Å². The Hall–Kier alpha value is -2.14. The van der Waals surface area contributed by atoms with Crippen LogP contribution in [0.4, 0.5) is 11.6 Å². The van der Waals surface area contributed by atoms with Crippen molar-refractivity contribution < 1.29 is 4.79 Å². The van der Waals surface area contributed by atoms with E-state index in [0.29, 0.717) is 16.5 Å². The van der Waals surface area contributed by atoms with Crippen LogP contribution in [0.25, 0.3) is 0 Å². The van der Waals surface area contributed by atoms with E-state index in [4.69, 9.17) is 11.6 Å². The van der Waals surface area contributed by atoms with Crippen molar-refractivity contribution in [2.24, 2.45) is 0 Å². The topological polar surface area (TPSA) is 66.9 Å². The number of aromatic nitrogens is 2. The fraction of sp³-hybridized carbons (Fsp3) is 0.312. The molecular weight excluding hydrogens is 300 g/mol. The van der Waals surface area contributed by atoms with Crippen LogP contribution < -0.4 is 10.6 Å². The molecule has 0 bridgehead atoms. The molecule has 5 nitrogen and oxygen atoms in total. The molecule has 1 aromatic heterocycles. The summed E-state index contributed by atoms with van der Waals surface area (Å²) >= 11 is 6.07. The summed E-state index contributed by atoms with van der Waals surface area (Å²) in [5, 5.41) is 6.58. The van der Waals surface area contributed by atoms with E-state index in [2.05, 4.69) is 20.6 Å². The number of amides is 1. The van der Waals surface area contributed by atoms with Crippen LogP contribution in [0.5, 0.6) is 0 Å². The van der Waals surface area contributed by atoms with Crippen LogP contribution in [0, 0.1) is 6.92 Å². The maximum Gasteiger partial charge on any atom is 0.254 e. The number of nitrogens with zero attached hydrogens (tertiary/aromatic N) is 2. The molecule has 2 rings (SSSR count). The zero-order valence-electron chi connectivity index (χ0n) is 13.1. The molecule has 0 atom stereocenters. The molecule has 0 unspecified atom stereocenters. The predicted molar refractivity (Wildman–Crippen MR) is 88.7 cm³/mol. The maximum absolute atomic E-state index is 12.0. The van der Waals surface area contributed by atoms with Gasteiger partial charge in [0.1, 0.15) is 0 Å². The molecule has 2 N–H and O–H groups in total. The predicted octanol–water partition coefficient (Wildman–Crippen LogP) is 3.71. The zero-order valence-corrected chi connectivity index (χ0v) is 13.8. The van der Waals surface area contributed by atoms with E-state index in [1.807, 2.05) is 39.8 Å². The smallest absolute Gasteiger partial charge is 0.254 e. The number of rotatable bonds is 3. The van der Waals surface area contributed by atoms with Crippen LogP contribution in [0.1, 0.15) is 36.7 Å². The van der Waals surface area contributed by atoms with Crippen molar-refractivity contribution in [3.63, 3.8) is 0 Å². The number of benzene rings is 1. The summed E-state index contributed by atoms with van der Waals surface area (Å²) < 4.78 is 0. The molecule has 116 valence electrons. The van der Waals surface area contributed by atoms with Crippen LogP contribution in [-0.2, 0) is 0 Å². The number of nitrogens with one attached hydrogen (secondary N) is 2. The largest absolute Gasteiger partial charge is 0.347 e. The van der Waals surface area contributed by atoms with Gasteiger partial charge >= 0.3 is 0 Å². The van der Waals surface area contributed by atoms with Crippen molar-refractivity contribution in [3.8, 4) is 0 Å². The molecule has 2 aromatic rings.